The summed E-state index contributed by atoms with van der Waals surface area (Å²) >= 11 is 1.05. The SMILES string of the molecule is CCOC(=O)NC(=O)CSc1nnc(Cc2ccc(OC)cc2)o1. The maximum atomic E-state index is 11.5. The fourth-order valence-corrected chi connectivity index (χ4v) is 2.31. The first-order valence-corrected chi connectivity index (χ1v) is 8.14. The number of alkyl carbamates (subject to hydrolysis) is 1. The summed E-state index contributed by atoms with van der Waals surface area (Å²) in [6, 6.07) is 7.51. The number of hydrogen-bond donors (Lipinski definition) is 1. The molecule has 0 spiro atoms. The molecule has 0 aliphatic rings. The lowest BCUT2D eigenvalue weighted by atomic mass is 10.1. The van der Waals surface area contributed by atoms with Crippen molar-refractivity contribution < 1.29 is 23.5 Å². The summed E-state index contributed by atoms with van der Waals surface area (Å²) in [4.78, 5) is 22.6. The summed E-state index contributed by atoms with van der Waals surface area (Å²) in [5, 5.41) is 10.1. The summed E-state index contributed by atoms with van der Waals surface area (Å²) in [6.45, 7) is 1.85. The molecule has 1 N–H and O–H groups in total. The summed E-state index contributed by atoms with van der Waals surface area (Å²) < 4.78 is 15.2. The molecule has 1 aromatic heterocycles. The number of methoxy groups -OCH3 is 1. The van der Waals surface area contributed by atoms with Gasteiger partial charge in [-0.05, 0) is 24.6 Å². The number of amides is 2. The molecule has 0 fully saturated rings. The average molecular weight is 351 g/mol. The number of rotatable bonds is 7. The molecule has 0 unspecified atom stereocenters. The predicted octanol–water partition coefficient (Wildman–Crippen LogP) is 2.03. The molecule has 2 amide bonds. The largest absolute Gasteiger partial charge is 0.497 e. The van der Waals surface area contributed by atoms with Crippen LogP contribution in [0, 0.1) is 0 Å². The number of carbonyl (C=O) groups is 2. The van der Waals surface area contributed by atoms with Crippen LogP contribution in [0.4, 0.5) is 4.79 Å². The van der Waals surface area contributed by atoms with Gasteiger partial charge in [-0.25, -0.2) is 4.79 Å². The first-order chi connectivity index (χ1) is 11.6. The van der Waals surface area contributed by atoms with Crippen molar-refractivity contribution in [3.63, 3.8) is 0 Å². The minimum Gasteiger partial charge on any atom is -0.497 e. The van der Waals surface area contributed by atoms with E-state index in [1.807, 2.05) is 24.3 Å². The van der Waals surface area contributed by atoms with E-state index in [-0.39, 0.29) is 17.6 Å². The Labute approximate surface area is 142 Å². The van der Waals surface area contributed by atoms with Crippen LogP contribution in [0.5, 0.6) is 5.75 Å². The highest BCUT2D eigenvalue weighted by Gasteiger charge is 2.12. The van der Waals surface area contributed by atoms with Gasteiger partial charge in [0.1, 0.15) is 5.75 Å². The zero-order valence-electron chi connectivity index (χ0n) is 13.3. The van der Waals surface area contributed by atoms with E-state index in [1.54, 1.807) is 14.0 Å². The van der Waals surface area contributed by atoms with E-state index in [0.29, 0.717) is 12.3 Å². The lowest BCUT2D eigenvalue weighted by Crippen LogP contribution is -2.32. The highest BCUT2D eigenvalue weighted by atomic mass is 32.2. The number of aromatic nitrogens is 2. The van der Waals surface area contributed by atoms with Gasteiger partial charge in [0.05, 0.1) is 25.9 Å². The van der Waals surface area contributed by atoms with E-state index in [4.69, 9.17) is 9.15 Å². The maximum absolute atomic E-state index is 11.5. The van der Waals surface area contributed by atoms with Gasteiger partial charge in [0.15, 0.2) is 0 Å². The molecule has 0 aliphatic carbocycles. The molecule has 8 nitrogen and oxygen atoms in total. The van der Waals surface area contributed by atoms with Gasteiger partial charge in [0.25, 0.3) is 5.22 Å². The van der Waals surface area contributed by atoms with E-state index in [1.165, 1.54) is 0 Å². The van der Waals surface area contributed by atoms with Crippen molar-refractivity contribution in [2.24, 2.45) is 0 Å². The van der Waals surface area contributed by atoms with Crippen LogP contribution in [0.1, 0.15) is 18.4 Å². The molecule has 0 bridgehead atoms. The van der Waals surface area contributed by atoms with Crippen LogP contribution in [-0.2, 0) is 16.0 Å². The number of thioether (sulfide) groups is 1. The molecule has 2 rings (SSSR count). The van der Waals surface area contributed by atoms with E-state index >= 15 is 0 Å². The smallest absolute Gasteiger partial charge is 0.413 e. The Morgan fingerprint density at radius 1 is 1.25 bits per heavy atom. The number of hydrogen-bond acceptors (Lipinski definition) is 8. The Balaban J connectivity index is 1.82. The Morgan fingerprint density at radius 3 is 2.67 bits per heavy atom. The third kappa shape index (κ3) is 5.58. The van der Waals surface area contributed by atoms with Crippen LogP contribution < -0.4 is 10.1 Å². The van der Waals surface area contributed by atoms with E-state index in [2.05, 4.69) is 20.3 Å². The molecular weight excluding hydrogens is 334 g/mol. The Hall–Kier alpha value is -2.55. The topological polar surface area (TPSA) is 104 Å². The van der Waals surface area contributed by atoms with Crippen LogP contribution in [0.15, 0.2) is 33.9 Å². The summed E-state index contributed by atoms with van der Waals surface area (Å²) in [6.07, 6.45) is -0.291. The first kappa shape index (κ1) is 17.8. The maximum Gasteiger partial charge on any atom is 0.413 e. The molecule has 1 heterocycles. The molecule has 0 aliphatic heterocycles. The van der Waals surface area contributed by atoms with Gasteiger partial charge in [-0.1, -0.05) is 23.9 Å². The normalized spacial score (nSPS) is 10.2. The number of nitrogens with zero attached hydrogens (tertiary/aromatic N) is 2. The summed E-state index contributed by atoms with van der Waals surface area (Å²) in [5.74, 6) is 0.693. The van der Waals surface area contributed by atoms with Crippen molar-refractivity contribution in [3.05, 3.63) is 35.7 Å². The highest BCUT2D eigenvalue weighted by Crippen LogP contribution is 2.18. The number of benzene rings is 1. The van der Waals surface area contributed by atoms with Crippen molar-refractivity contribution in [1.82, 2.24) is 15.5 Å². The van der Waals surface area contributed by atoms with Crippen molar-refractivity contribution >= 4 is 23.8 Å². The minimum absolute atomic E-state index is 0.0248. The zero-order chi connectivity index (χ0) is 17.4. The fourth-order valence-electron chi connectivity index (χ4n) is 1.73. The zero-order valence-corrected chi connectivity index (χ0v) is 14.1. The van der Waals surface area contributed by atoms with Gasteiger partial charge in [-0.2, -0.15) is 0 Å². The van der Waals surface area contributed by atoms with E-state index < -0.39 is 12.0 Å². The molecule has 24 heavy (non-hydrogen) atoms. The second-order valence-electron chi connectivity index (χ2n) is 4.54. The summed E-state index contributed by atoms with van der Waals surface area (Å²) in [7, 11) is 1.61. The molecule has 9 heteroatoms. The second kappa shape index (κ2) is 8.92. The molecule has 2 aromatic rings. The van der Waals surface area contributed by atoms with Gasteiger partial charge < -0.3 is 13.9 Å². The second-order valence-corrected chi connectivity index (χ2v) is 5.47. The Morgan fingerprint density at radius 2 is 2.00 bits per heavy atom. The molecule has 0 saturated heterocycles. The lowest BCUT2D eigenvalue weighted by molar-refractivity contribution is -0.117. The molecular formula is C15H17N3O5S. The molecule has 1 aromatic carbocycles. The van der Waals surface area contributed by atoms with Crippen molar-refractivity contribution in [1.29, 1.82) is 0 Å². The number of nitrogens with one attached hydrogen (secondary N) is 1. The van der Waals surface area contributed by atoms with Crippen LogP contribution in [0.3, 0.4) is 0 Å². The Kier molecular flexibility index (Phi) is 6.62. The lowest BCUT2D eigenvalue weighted by Gasteiger charge is -2.02. The van der Waals surface area contributed by atoms with Crippen molar-refractivity contribution in [3.8, 4) is 5.75 Å². The molecule has 0 saturated carbocycles. The number of ether oxygens (including phenoxy) is 2. The molecule has 128 valence electrons. The first-order valence-electron chi connectivity index (χ1n) is 7.15. The average Bonchev–Trinajstić information content (AvgIpc) is 3.01. The van der Waals surface area contributed by atoms with Crippen LogP contribution in [-0.4, -0.2) is 41.7 Å². The predicted molar refractivity (Wildman–Crippen MR) is 86.0 cm³/mol. The minimum atomic E-state index is -0.770. The van der Waals surface area contributed by atoms with Gasteiger partial charge in [-0.15, -0.1) is 10.2 Å². The van der Waals surface area contributed by atoms with Gasteiger partial charge in [0, 0.05) is 0 Å². The highest BCUT2D eigenvalue weighted by molar-refractivity contribution is 7.99. The molecule has 0 atom stereocenters. The van der Waals surface area contributed by atoms with Gasteiger partial charge >= 0.3 is 6.09 Å². The number of imide groups is 1. The third-order valence-electron chi connectivity index (χ3n) is 2.81. The standard InChI is InChI=1S/C15H17N3O5S/c1-3-22-14(20)16-12(19)9-24-15-18-17-13(23-15)8-10-4-6-11(21-2)7-5-10/h4-7H,3,8-9H2,1-2H3,(H,16,19,20). The van der Waals surface area contributed by atoms with Crippen LogP contribution in [0.2, 0.25) is 0 Å². The Bertz CT molecular complexity index is 687. The van der Waals surface area contributed by atoms with Crippen LogP contribution >= 0.6 is 11.8 Å². The van der Waals surface area contributed by atoms with E-state index in [9.17, 15) is 9.59 Å². The van der Waals surface area contributed by atoms with Crippen molar-refractivity contribution in [2.45, 2.75) is 18.6 Å². The monoisotopic (exact) mass is 351 g/mol. The van der Waals surface area contributed by atoms with Crippen molar-refractivity contribution in [2.75, 3.05) is 19.5 Å². The van der Waals surface area contributed by atoms with Gasteiger partial charge in [-0.3, -0.25) is 10.1 Å². The third-order valence-corrected chi connectivity index (χ3v) is 3.62. The van der Waals surface area contributed by atoms with Crippen LogP contribution in [0.25, 0.3) is 0 Å². The summed E-state index contributed by atoms with van der Waals surface area (Å²) in [5.41, 5.74) is 0.996. The quantitative estimate of drug-likeness (QED) is 0.756. The fraction of sp³-hybridized carbons (Fsp3) is 0.333. The molecule has 0 radical (unpaired) electrons. The van der Waals surface area contributed by atoms with E-state index in [0.717, 1.165) is 23.1 Å². The number of carbonyl (C=O) groups excluding carboxylic acids is 2. The van der Waals surface area contributed by atoms with Gasteiger partial charge in [0.2, 0.25) is 11.8 Å².